The van der Waals surface area contributed by atoms with Gasteiger partial charge in [0, 0.05) is 13.0 Å². The fraction of sp³-hybridized carbons (Fsp3) is 0.529. The van der Waals surface area contributed by atoms with Gasteiger partial charge in [0.2, 0.25) is 0 Å². The van der Waals surface area contributed by atoms with Gasteiger partial charge in [-0.1, -0.05) is 12.1 Å². The second-order valence-electron chi connectivity index (χ2n) is 5.33. The largest absolute Gasteiger partial charge is 0.497 e. The molecule has 112 valence electrons. The molecule has 4 nitrogen and oxygen atoms in total. The number of ether oxygens (including phenoxy) is 2. The number of nitrogens with zero attached hydrogens (tertiary/aromatic N) is 1. The van der Waals surface area contributed by atoms with Crippen LogP contribution in [-0.4, -0.2) is 25.6 Å². The van der Waals surface area contributed by atoms with Gasteiger partial charge in [-0.05, 0) is 43.4 Å². The van der Waals surface area contributed by atoms with E-state index in [9.17, 15) is 10.1 Å². The number of nitriles is 1. The van der Waals surface area contributed by atoms with Gasteiger partial charge in [0.25, 0.3) is 0 Å². The van der Waals surface area contributed by atoms with E-state index >= 15 is 0 Å². The van der Waals surface area contributed by atoms with E-state index in [0.29, 0.717) is 12.8 Å². The summed E-state index contributed by atoms with van der Waals surface area (Å²) in [6, 6.07) is 9.22. The fourth-order valence-corrected chi connectivity index (χ4v) is 2.61. The number of methoxy groups -OCH3 is 1. The van der Waals surface area contributed by atoms with Crippen LogP contribution in [0.2, 0.25) is 0 Å². The van der Waals surface area contributed by atoms with Gasteiger partial charge in [0.15, 0.2) is 5.78 Å². The third-order valence-corrected chi connectivity index (χ3v) is 3.89. The maximum Gasteiger partial charge on any atom is 0.154 e. The topological polar surface area (TPSA) is 59.3 Å². The highest BCUT2D eigenvalue weighted by molar-refractivity contribution is 5.88. The first-order valence-corrected chi connectivity index (χ1v) is 7.42. The van der Waals surface area contributed by atoms with Crippen LogP contribution in [0, 0.1) is 11.3 Å². The molecule has 21 heavy (non-hydrogen) atoms. The molecular weight excluding hydrogens is 266 g/mol. The van der Waals surface area contributed by atoms with Gasteiger partial charge < -0.3 is 9.47 Å². The molecule has 2 atom stereocenters. The Morgan fingerprint density at radius 2 is 2.19 bits per heavy atom. The van der Waals surface area contributed by atoms with Crippen molar-refractivity contribution in [2.75, 3.05) is 13.7 Å². The molecule has 1 aliphatic rings. The van der Waals surface area contributed by atoms with Crippen LogP contribution in [0.4, 0.5) is 0 Å². The van der Waals surface area contributed by atoms with Crippen LogP contribution in [0.25, 0.3) is 0 Å². The number of Topliss-reactive ketones (excluding diaryl/α,β-unsaturated/α-hetero) is 1. The Balaban J connectivity index is 1.92. The Bertz CT molecular complexity index is 498. The number of carbonyl (C=O) groups is 1. The number of benzene rings is 1. The van der Waals surface area contributed by atoms with Crippen LogP contribution in [0.5, 0.6) is 5.75 Å². The standard InChI is InChI=1S/C17H21NO3/c1-20-14-7-5-13(6-8-14)16(12-18)17(19)10-9-15-4-2-3-11-21-15/h5-8,15-16H,2-4,9-11H2,1H3. The molecule has 1 saturated heterocycles. The zero-order valence-electron chi connectivity index (χ0n) is 12.4. The molecule has 0 N–H and O–H groups in total. The van der Waals surface area contributed by atoms with Crippen LogP contribution in [-0.2, 0) is 9.53 Å². The van der Waals surface area contributed by atoms with Gasteiger partial charge in [-0.25, -0.2) is 0 Å². The van der Waals surface area contributed by atoms with Gasteiger partial charge in [-0.15, -0.1) is 0 Å². The average molecular weight is 287 g/mol. The maximum atomic E-state index is 12.3. The summed E-state index contributed by atoms with van der Waals surface area (Å²) in [5, 5.41) is 9.28. The second kappa shape index (κ2) is 7.80. The molecule has 2 rings (SSSR count). The Morgan fingerprint density at radius 1 is 1.43 bits per heavy atom. The molecule has 1 heterocycles. The van der Waals surface area contributed by atoms with E-state index in [1.807, 2.05) is 0 Å². The predicted molar refractivity (Wildman–Crippen MR) is 79.2 cm³/mol. The summed E-state index contributed by atoms with van der Waals surface area (Å²) < 4.78 is 10.7. The Hall–Kier alpha value is -1.86. The van der Waals surface area contributed by atoms with E-state index in [1.54, 1.807) is 31.4 Å². The summed E-state index contributed by atoms with van der Waals surface area (Å²) in [7, 11) is 1.59. The highest BCUT2D eigenvalue weighted by atomic mass is 16.5. The lowest BCUT2D eigenvalue weighted by Crippen LogP contribution is -2.21. The molecule has 0 radical (unpaired) electrons. The van der Waals surface area contributed by atoms with Crippen molar-refractivity contribution in [3.8, 4) is 11.8 Å². The van der Waals surface area contributed by atoms with Gasteiger partial charge in [-0.3, -0.25) is 4.79 Å². The van der Waals surface area contributed by atoms with Crippen molar-refractivity contribution in [3.63, 3.8) is 0 Å². The Labute approximate surface area is 125 Å². The van der Waals surface area contributed by atoms with Crippen LogP contribution < -0.4 is 4.74 Å². The van der Waals surface area contributed by atoms with Crippen LogP contribution in [0.3, 0.4) is 0 Å². The molecule has 0 amide bonds. The van der Waals surface area contributed by atoms with Crippen molar-refractivity contribution in [1.29, 1.82) is 5.26 Å². The molecule has 1 aromatic rings. The lowest BCUT2D eigenvalue weighted by molar-refractivity contribution is -0.120. The third-order valence-electron chi connectivity index (χ3n) is 3.89. The summed E-state index contributed by atoms with van der Waals surface area (Å²) in [5.41, 5.74) is 0.730. The predicted octanol–water partition coefficient (Wildman–Crippen LogP) is 3.22. The van der Waals surface area contributed by atoms with Crippen LogP contribution in [0.15, 0.2) is 24.3 Å². The van der Waals surface area contributed by atoms with E-state index in [1.165, 1.54) is 6.42 Å². The Morgan fingerprint density at radius 3 is 2.76 bits per heavy atom. The van der Waals surface area contributed by atoms with Gasteiger partial charge in [-0.2, -0.15) is 5.26 Å². The van der Waals surface area contributed by atoms with Crippen molar-refractivity contribution in [2.24, 2.45) is 0 Å². The van der Waals surface area contributed by atoms with Crippen molar-refractivity contribution in [1.82, 2.24) is 0 Å². The first-order chi connectivity index (χ1) is 10.2. The minimum atomic E-state index is -0.695. The minimum absolute atomic E-state index is 0.0307. The highest BCUT2D eigenvalue weighted by Gasteiger charge is 2.22. The first-order valence-electron chi connectivity index (χ1n) is 7.42. The van der Waals surface area contributed by atoms with E-state index in [-0.39, 0.29) is 11.9 Å². The van der Waals surface area contributed by atoms with E-state index in [0.717, 1.165) is 30.8 Å². The normalized spacial score (nSPS) is 19.5. The number of hydrogen-bond donors (Lipinski definition) is 0. The van der Waals surface area contributed by atoms with Gasteiger partial charge in [0.1, 0.15) is 11.7 Å². The number of carbonyl (C=O) groups excluding carboxylic acids is 1. The number of rotatable bonds is 6. The minimum Gasteiger partial charge on any atom is -0.497 e. The molecular formula is C17H21NO3. The summed E-state index contributed by atoms with van der Waals surface area (Å²) >= 11 is 0. The molecule has 1 aromatic carbocycles. The van der Waals surface area contributed by atoms with E-state index < -0.39 is 5.92 Å². The van der Waals surface area contributed by atoms with Crippen LogP contribution in [0.1, 0.15) is 43.6 Å². The number of ketones is 1. The lowest BCUT2D eigenvalue weighted by Gasteiger charge is -2.22. The fourth-order valence-electron chi connectivity index (χ4n) is 2.61. The monoisotopic (exact) mass is 287 g/mol. The molecule has 0 aliphatic carbocycles. The number of hydrogen-bond acceptors (Lipinski definition) is 4. The molecule has 0 saturated carbocycles. The molecule has 0 spiro atoms. The maximum absolute atomic E-state index is 12.3. The summed E-state index contributed by atoms with van der Waals surface area (Å²) in [5.74, 6) is -0.00479. The molecule has 1 aliphatic heterocycles. The van der Waals surface area contributed by atoms with Crippen molar-refractivity contribution in [2.45, 2.75) is 44.1 Å². The SMILES string of the molecule is COc1ccc(C(C#N)C(=O)CCC2CCCCO2)cc1. The van der Waals surface area contributed by atoms with Crippen molar-refractivity contribution < 1.29 is 14.3 Å². The van der Waals surface area contributed by atoms with Gasteiger partial charge >= 0.3 is 0 Å². The second-order valence-corrected chi connectivity index (χ2v) is 5.33. The molecule has 4 heteroatoms. The highest BCUT2D eigenvalue weighted by Crippen LogP contribution is 2.23. The van der Waals surface area contributed by atoms with Crippen molar-refractivity contribution >= 4 is 5.78 Å². The average Bonchev–Trinajstić information content (AvgIpc) is 2.55. The molecule has 0 aromatic heterocycles. The van der Waals surface area contributed by atoms with Crippen LogP contribution >= 0.6 is 0 Å². The first kappa shape index (κ1) is 15.5. The summed E-state index contributed by atoms with van der Waals surface area (Å²) in [6.07, 6.45) is 4.59. The molecule has 1 fully saturated rings. The van der Waals surface area contributed by atoms with Gasteiger partial charge in [0.05, 0.1) is 19.3 Å². The quantitative estimate of drug-likeness (QED) is 0.806. The lowest BCUT2D eigenvalue weighted by atomic mass is 9.92. The smallest absolute Gasteiger partial charge is 0.154 e. The molecule has 0 bridgehead atoms. The van der Waals surface area contributed by atoms with E-state index in [2.05, 4.69) is 6.07 Å². The Kier molecular flexibility index (Phi) is 5.77. The zero-order valence-corrected chi connectivity index (χ0v) is 12.4. The third kappa shape index (κ3) is 4.30. The van der Waals surface area contributed by atoms with E-state index in [4.69, 9.17) is 9.47 Å². The molecule has 2 unspecified atom stereocenters. The van der Waals surface area contributed by atoms with Crippen molar-refractivity contribution in [3.05, 3.63) is 29.8 Å². The summed E-state index contributed by atoms with van der Waals surface area (Å²) in [6.45, 7) is 0.791. The zero-order chi connectivity index (χ0) is 15.1. The summed E-state index contributed by atoms with van der Waals surface area (Å²) in [4.78, 5) is 12.3.